The molecule has 0 radical (unpaired) electrons. The number of terminal acetylenes is 1. The maximum atomic E-state index is 13.6. The number of carbonyl (C=O) groups excluding carboxylic acids is 5. The van der Waals surface area contributed by atoms with E-state index in [1.807, 2.05) is 0 Å². The van der Waals surface area contributed by atoms with Crippen molar-refractivity contribution in [3.05, 3.63) is 23.7 Å². The van der Waals surface area contributed by atoms with Gasteiger partial charge in [0.2, 0.25) is 29.2 Å². The first-order chi connectivity index (χ1) is 40.0. The van der Waals surface area contributed by atoms with Gasteiger partial charge in [-0.25, -0.2) is 19.2 Å². The third-order valence-corrected chi connectivity index (χ3v) is 12.1. The number of nitrogens with two attached hydrogens (primary N) is 2. The van der Waals surface area contributed by atoms with Gasteiger partial charge in [0.15, 0.2) is 36.3 Å². The monoisotopic (exact) mass is 1210 g/mol. The molecule has 0 aromatic rings. The summed E-state index contributed by atoms with van der Waals surface area (Å²) in [5.41, 5.74) is 11.0. The predicted molar refractivity (Wildman–Crippen MR) is 290 cm³/mol. The van der Waals surface area contributed by atoms with E-state index >= 15 is 0 Å². The maximum absolute atomic E-state index is 13.6. The Balaban J connectivity index is 2.16. The van der Waals surface area contributed by atoms with Crippen LogP contribution >= 0.6 is 0 Å². The Bertz CT molecular complexity index is 2100. The molecule has 34 heteroatoms. The zero-order valence-electron chi connectivity index (χ0n) is 47.5. The third kappa shape index (κ3) is 26.5. The van der Waals surface area contributed by atoms with Crippen LogP contribution in [0.3, 0.4) is 0 Å². The summed E-state index contributed by atoms with van der Waals surface area (Å²) in [5.74, 6) is -5.08. The van der Waals surface area contributed by atoms with Crippen molar-refractivity contribution in [2.45, 2.75) is 94.9 Å². The van der Waals surface area contributed by atoms with Crippen molar-refractivity contribution < 1.29 is 112 Å². The molecule has 84 heavy (non-hydrogen) atoms. The number of nitrogens with zero attached hydrogens (tertiary/aromatic N) is 3. The molecule has 476 valence electrons. The first-order valence-corrected chi connectivity index (χ1v) is 26.7. The summed E-state index contributed by atoms with van der Waals surface area (Å²) in [6.45, 7) is 4.74. The second-order valence-corrected chi connectivity index (χ2v) is 18.3. The fourth-order valence-corrected chi connectivity index (χ4v) is 8.13. The molecule has 16 N–H and O–H groups in total. The molecule has 2 aliphatic rings. The molecule has 2 heterocycles. The van der Waals surface area contributed by atoms with Gasteiger partial charge in [0.25, 0.3) is 0 Å². The van der Waals surface area contributed by atoms with Gasteiger partial charge in [-0.3, -0.25) is 25.2 Å². The summed E-state index contributed by atoms with van der Waals surface area (Å²) in [5, 5.41) is 86.7. The van der Waals surface area contributed by atoms with Crippen LogP contribution in [-0.4, -0.2) is 292 Å². The van der Waals surface area contributed by atoms with Crippen LogP contribution in [0, 0.1) is 23.2 Å². The number of aliphatic hydroxyl groups is 4. The van der Waals surface area contributed by atoms with Gasteiger partial charge in [0.1, 0.15) is 18.8 Å². The number of guanidine groups is 2. The van der Waals surface area contributed by atoms with E-state index in [4.69, 9.17) is 76.1 Å². The van der Waals surface area contributed by atoms with Crippen molar-refractivity contribution >= 4 is 53.8 Å². The summed E-state index contributed by atoms with van der Waals surface area (Å²) >= 11 is 0. The van der Waals surface area contributed by atoms with Gasteiger partial charge in [0, 0.05) is 53.1 Å². The molecule has 2 aliphatic heterocycles. The molecule has 0 aromatic heterocycles. The lowest BCUT2D eigenvalue weighted by Gasteiger charge is -2.41. The van der Waals surface area contributed by atoms with Gasteiger partial charge in [-0.1, -0.05) is 5.92 Å². The number of aliphatic hydroxyl groups excluding tert-OH is 4. The number of amides is 5. The number of hydrogen-bond acceptors (Lipinski definition) is 23. The van der Waals surface area contributed by atoms with E-state index in [0.717, 1.165) is 35.8 Å². The average Bonchev–Trinajstić information content (AvgIpc) is 2.23. The normalized spacial score (nSPS) is 19.6. The van der Waals surface area contributed by atoms with Crippen LogP contribution in [-0.2, 0) is 71.3 Å². The number of hydrogen-bond donors (Lipinski definition) is 14. The summed E-state index contributed by atoms with van der Waals surface area (Å²) < 4.78 is 55.7. The van der Waals surface area contributed by atoms with Gasteiger partial charge in [-0.2, -0.15) is 0 Å². The number of aliphatic carboxylic acids is 2. The zero-order chi connectivity index (χ0) is 62.7. The first kappa shape index (κ1) is 72.8. The third-order valence-electron chi connectivity index (χ3n) is 12.1. The lowest BCUT2D eigenvalue weighted by atomic mass is 9.91. The second kappa shape index (κ2) is 40.0. The topological polar surface area (TPSA) is 491 Å². The fraction of sp³-hybridized carbons (Fsp3) is 0.700. The van der Waals surface area contributed by atoms with E-state index < -0.39 is 133 Å². The molecule has 0 saturated heterocycles. The number of likely N-dealkylation sites (N-methyl/N-ethyl adjacent to an activating group) is 2. The average molecular weight is 1210 g/mol. The van der Waals surface area contributed by atoms with Crippen molar-refractivity contribution in [3.63, 3.8) is 0 Å². The summed E-state index contributed by atoms with van der Waals surface area (Å²) in [6, 6.07) is -5.02. The lowest BCUT2D eigenvalue weighted by Crippen LogP contribution is -2.65. The molecule has 5 amide bonds. The van der Waals surface area contributed by atoms with E-state index in [1.165, 1.54) is 4.90 Å². The first-order valence-electron chi connectivity index (χ1n) is 26.7. The highest BCUT2D eigenvalue weighted by Gasteiger charge is 2.48. The Hall–Kier alpha value is -7.33. The molecule has 0 unspecified atom stereocenters. The number of carboxylic acid groups (broad SMARTS) is 2. The Morgan fingerprint density at radius 1 is 0.595 bits per heavy atom. The van der Waals surface area contributed by atoms with E-state index in [0.29, 0.717) is 19.8 Å². The molecule has 0 spiro atoms. The van der Waals surface area contributed by atoms with Crippen LogP contribution in [0.25, 0.3) is 0 Å². The molecular weight excluding hydrogens is 1120 g/mol. The van der Waals surface area contributed by atoms with Crippen LogP contribution in [0.5, 0.6) is 0 Å². The fourth-order valence-electron chi connectivity index (χ4n) is 8.13. The SMILES string of the molecule is C#CCOCCOCCOCCOCCC(=O)N(CCOCCN(CC)C(=O)O[C@@H]([C@@H]1OC(C(=O)O)=C[C@H](NC(=N)N)[C@H]1NC(C)=O)[C@H](O)CO)CCOCCN(CC)C(=O)O[C@@H]([C@@H]1OC(C(=O)O)=C[C@H](NC(=N)N)[C@H]1NC(C)=O)[C@H](O)CO. The van der Waals surface area contributed by atoms with Crippen molar-refractivity contribution in [3.8, 4) is 12.3 Å². The van der Waals surface area contributed by atoms with Crippen LogP contribution in [0.1, 0.15) is 34.1 Å². The zero-order valence-corrected chi connectivity index (χ0v) is 47.5. The number of ether oxygens (including phenoxy) is 10. The molecule has 0 saturated carbocycles. The summed E-state index contributed by atoms with van der Waals surface area (Å²) in [7, 11) is 0. The predicted octanol–water partition coefficient (Wildman–Crippen LogP) is -5.25. The van der Waals surface area contributed by atoms with Crippen molar-refractivity contribution in [1.82, 2.24) is 36.0 Å². The molecule has 10 atom stereocenters. The standard InChI is InChI=1S/C50H83N11O23/c1-6-14-75-20-22-79-24-25-80-23-21-76-15-9-38(68)61(12-18-77-16-10-59(7-2)49(73)83-41(34(66)28-62)43-39(55-30(4)64)32(57-47(51)52)26-36(81-43)45(69)70)13-19-78-17-11-60(8-3)50(74)84-42(35(67)29-63)44-40(56-31(5)65)33(58-48(53)54)27-37(82-44)46(71)72/h1,26-27,32-35,39-44,62-63,66-67H,7-25,28-29H2,2-5H3,(H,55,64)(H,56,65)(H,69,70)(H,71,72)(H4,51,52,57)(H4,53,54,58)/t32-,33-,34+,35+,39+,40+,41+,42+,43+,44+/m0/s1. The Labute approximate surface area is 485 Å². The maximum Gasteiger partial charge on any atom is 0.410 e. The quantitative estimate of drug-likeness (QED) is 0.0118. The highest BCUT2D eigenvalue weighted by Crippen LogP contribution is 2.27. The van der Waals surface area contributed by atoms with Crippen LogP contribution in [0.15, 0.2) is 23.7 Å². The smallest absolute Gasteiger partial charge is 0.410 e. The highest BCUT2D eigenvalue weighted by molar-refractivity contribution is 5.86. The molecular formula is C50H83N11O23. The van der Waals surface area contributed by atoms with Crippen LogP contribution < -0.4 is 32.7 Å². The van der Waals surface area contributed by atoms with Gasteiger partial charge >= 0.3 is 24.1 Å². The van der Waals surface area contributed by atoms with Gasteiger partial charge in [-0.15, -0.1) is 6.42 Å². The molecule has 34 nitrogen and oxygen atoms in total. The van der Waals surface area contributed by atoms with E-state index in [-0.39, 0.29) is 111 Å². The van der Waals surface area contributed by atoms with Gasteiger partial charge in [-0.05, 0) is 26.0 Å². The van der Waals surface area contributed by atoms with Crippen molar-refractivity contribution in [2.24, 2.45) is 11.5 Å². The molecule has 2 rings (SSSR count). The number of carboxylic acids is 2. The van der Waals surface area contributed by atoms with E-state index in [2.05, 4.69) is 27.2 Å². The molecule has 0 bridgehead atoms. The molecule has 0 fully saturated rings. The Kier molecular flexibility index (Phi) is 34.7. The van der Waals surface area contributed by atoms with Gasteiger partial charge < -0.3 is 125 Å². The summed E-state index contributed by atoms with van der Waals surface area (Å²) in [6.07, 6.45) is -5.62. The molecule has 0 aliphatic carbocycles. The highest BCUT2D eigenvalue weighted by atomic mass is 16.6. The number of nitrogens with one attached hydrogen (secondary N) is 6. The van der Waals surface area contributed by atoms with E-state index in [1.54, 1.807) is 13.8 Å². The minimum Gasteiger partial charge on any atom is -0.477 e. The van der Waals surface area contributed by atoms with Gasteiger partial charge in [0.05, 0.1) is 116 Å². The summed E-state index contributed by atoms with van der Waals surface area (Å²) in [4.78, 5) is 93.2. The Morgan fingerprint density at radius 3 is 1.26 bits per heavy atom. The minimum atomic E-state index is -1.87. The van der Waals surface area contributed by atoms with Crippen molar-refractivity contribution in [1.29, 1.82) is 10.8 Å². The largest absolute Gasteiger partial charge is 0.477 e. The number of carbonyl (C=O) groups is 7. The second-order valence-electron chi connectivity index (χ2n) is 18.3. The van der Waals surface area contributed by atoms with Crippen LogP contribution in [0.2, 0.25) is 0 Å². The number of rotatable bonds is 41. The van der Waals surface area contributed by atoms with E-state index in [9.17, 15) is 64.2 Å². The Morgan fingerprint density at radius 2 is 0.940 bits per heavy atom. The lowest BCUT2D eigenvalue weighted by molar-refractivity contribution is -0.148. The minimum absolute atomic E-state index is 0.00510. The van der Waals surface area contributed by atoms with Crippen molar-refractivity contribution in [2.75, 3.05) is 132 Å². The molecule has 0 aromatic carbocycles. The van der Waals surface area contributed by atoms with Crippen LogP contribution in [0.4, 0.5) is 9.59 Å².